The van der Waals surface area contributed by atoms with Crippen LogP contribution in [0, 0.1) is 0 Å². The summed E-state index contributed by atoms with van der Waals surface area (Å²) in [4.78, 5) is 1.41. The number of rotatable bonds is 4. The number of thioether (sulfide) groups is 1. The second-order valence-electron chi connectivity index (χ2n) is 3.96. The number of benzene rings is 1. The van der Waals surface area contributed by atoms with E-state index in [-0.39, 0.29) is 24.0 Å². The van der Waals surface area contributed by atoms with E-state index in [2.05, 4.69) is 42.9 Å². The molecule has 0 aliphatic carbocycles. The molecule has 0 radical (unpaired) electrons. The number of hydrogen-bond donors (Lipinski definition) is 0. The molecule has 2 aromatic rings. The molecule has 1 aromatic carbocycles. The normalized spacial score (nSPS) is 11.7. The van der Waals surface area contributed by atoms with Gasteiger partial charge in [-0.25, -0.2) is 0 Å². The van der Waals surface area contributed by atoms with Crippen molar-refractivity contribution < 1.29 is 28.5 Å². The highest BCUT2D eigenvalue weighted by Gasteiger charge is 2.17. The first-order chi connectivity index (χ1) is 8.69. The van der Waals surface area contributed by atoms with Gasteiger partial charge in [0.05, 0.1) is 0 Å². The Morgan fingerprint density at radius 2 is 2.16 bits per heavy atom. The lowest BCUT2D eigenvalue weighted by atomic mass is 10.3. The minimum absolute atomic E-state index is 0. The number of allylic oxidation sites excluding steroid dienone is 1. The van der Waals surface area contributed by atoms with Gasteiger partial charge in [-0.2, -0.15) is 4.57 Å². The Morgan fingerprint density at radius 3 is 2.74 bits per heavy atom. The molecule has 104 valence electrons. The van der Waals surface area contributed by atoms with Crippen LogP contribution in [0.3, 0.4) is 0 Å². The average Bonchev–Trinajstić information content (AvgIpc) is 2.72. The predicted octanol–water partition coefficient (Wildman–Crippen LogP) is 1.98. The van der Waals surface area contributed by atoms with Crippen molar-refractivity contribution >= 4 is 51.0 Å². The van der Waals surface area contributed by atoms with Gasteiger partial charge in [0.15, 0.2) is 0 Å². The molecule has 19 heavy (non-hydrogen) atoms. The Kier molecular flexibility index (Phi) is 7.14. The molecule has 0 aliphatic rings. The van der Waals surface area contributed by atoms with Crippen LogP contribution in [0.4, 0.5) is 0 Å². The minimum Gasteiger partial charge on any atom is -1.00 e. The lowest BCUT2D eigenvalue weighted by Crippen LogP contribution is -3.00. The van der Waals surface area contributed by atoms with Gasteiger partial charge in [-0.05, 0) is 36.6 Å². The van der Waals surface area contributed by atoms with Gasteiger partial charge in [-0.15, -0.1) is 11.8 Å². The molecule has 2 rings (SSSR count). The smallest absolute Gasteiger partial charge is 0.263 e. The third-order valence-corrected chi connectivity index (χ3v) is 5.18. The summed E-state index contributed by atoms with van der Waals surface area (Å²) in [6.07, 6.45) is 5.52. The van der Waals surface area contributed by atoms with Crippen molar-refractivity contribution in [2.24, 2.45) is 0 Å². The Morgan fingerprint density at radius 1 is 1.42 bits per heavy atom. The molecule has 5 heteroatoms. The number of aromatic nitrogens is 1. The van der Waals surface area contributed by atoms with Gasteiger partial charge >= 0.3 is 0 Å². The van der Waals surface area contributed by atoms with Crippen molar-refractivity contribution in [2.75, 3.05) is 6.26 Å². The molecule has 0 bridgehead atoms. The van der Waals surface area contributed by atoms with Gasteiger partial charge in [0.1, 0.15) is 11.2 Å². The zero-order valence-electron chi connectivity index (χ0n) is 11.2. The van der Waals surface area contributed by atoms with Crippen molar-refractivity contribution in [3.8, 4) is 0 Å². The summed E-state index contributed by atoms with van der Waals surface area (Å²) in [5.74, 6) is 0. The lowest BCUT2D eigenvalue weighted by Gasteiger charge is -1.97. The molecule has 1 nitrogen and oxygen atoms in total. The Labute approximate surface area is 145 Å². The van der Waals surface area contributed by atoms with Gasteiger partial charge in [0.25, 0.3) is 5.01 Å². The fourth-order valence-electron chi connectivity index (χ4n) is 1.95. The number of aryl methyl sites for hydroxylation is 1. The summed E-state index contributed by atoms with van der Waals surface area (Å²) in [5, 5.41) is 2.11. The second kappa shape index (κ2) is 7.86. The third kappa shape index (κ3) is 3.86. The Balaban J connectivity index is 0.00000180. The summed E-state index contributed by atoms with van der Waals surface area (Å²) in [7, 11) is 0. The van der Waals surface area contributed by atoms with E-state index in [1.165, 1.54) is 20.1 Å². The number of thiazole rings is 1. The highest BCUT2D eigenvalue weighted by atomic mass is 127. The summed E-state index contributed by atoms with van der Waals surface area (Å²) < 4.78 is 3.63. The molecule has 0 saturated heterocycles. The quantitative estimate of drug-likeness (QED) is 0.535. The monoisotopic (exact) mass is 425 g/mol. The molecule has 0 aliphatic heterocycles. The molecule has 0 spiro atoms. The topological polar surface area (TPSA) is 3.88 Å². The van der Waals surface area contributed by atoms with E-state index >= 15 is 0 Å². The van der Waals surface area contributed by atoms with Crippen LogP contribution in [0.15, 0.2) is 23.1 Å². The predicted molar refractivity (Wildman–Crippen MR) is 84.5 cm³/mol. The standard InChI is InChI=1S/C14H17ClNS2.HI/c1-4-11(17-3)9-14-16(5-2)12-8-10(15)6-7-13(12)18-14;/h6-9H,4-5H2,1-3H3;1H/q+1;/p-1. The molecule has 0 atom stereocenters. The lowest BCUT2D eigenvalue weighted by molar-refractivity contribution is -0.665. The molecule has 1 heterocycles. The van der Waals surface area contributed by atoms with Crippen LogP contribution in [0.2, 0.25) is 5.02 Å². The van der Waals surface area contributed by atoms with Crippen molar-refractivity contribution in [3.63, 3.8) is 0 Å². The summed E-state index contributed by atoms with van der Waals surface area (Å²) in [6.45, 7) is 5.34. The number of halogens is 2. The van der Waals surface area contributed by atoms with Gasteiger partial charge in [0, 0.05) is 17.2 Å². The zero-order chi connectivity index (χ0) is 13.1. The van der Waals surface area contributed by atoms with E-state index in [4.69, 9.17) is 11.6 Å². The van der Waals surface area contributed by atoms with Gasteiger partial charge < -0.3 is 24.0 Å². The first-order valence-electron chi connectivity index (χ1n) is 6.06. The van der Waals surface area contributed by atoms with Crippen molar-refractivity contribution in [2.45, 2.75) is 26.8 Å². The van der Waals surface area contributed by atoms with E-state index in [0.29, 0.717) is 0 Å². The number of nitrogens with zero attached hydrogens (tertiary/aromatic N) is 1. The summed E-state index contributed by atoms with van der Waals surface area (Å²) in [6, 6.07) is 6.12. The minimum atomic E-state index is 0. The molecule has 0 saturated carbocycles. The maximum atomic E-state index is 6.09. The highest BCUT2D eigenvalue weighted by Crippen LogP contribution is 2.27. The zero-order valence-corrected chi connectivity index (χ0v) is 15.8. The fourth-order valence-corrected chi connectivity index (χ4v) is 3.88. The SMILES string of the molecule is CCC(=Cc1sc2ccc(Cl)cc2[n+]1CC)SC.[I-]. The van der Waals surface area contributed by atoms with E-state index in [1.54, 1.807) is 0 Å². The van der Waals surface area contributed by atoms with E-state index in [0.717, 1.165) is 18.0 Å². The van der Waals surface area contributed by atoms with Gasteiger partial charge in [0.2, 0.25) is 5.52 Å². The molecular formula is C14H17ClINS2. The van der Waals surface area contributed by atoms with Crippen LogP contribution >= 0.6 is 34.7 Å². The molecule has 1 aromatic heterocycles. The van der Waals surface area contributed by atoms with Gasteiger partial charge in [-0.1, -0.05) is 29.9 Å². The summed E-state index contributed by atoms with van der Waals surface area (Å²) >= 11 is 9.75. The molecular weight excluding hydrogens is 409 g/mol. The Bertz CT molecular complexity index is 586. The van der Waals surface area contributed by atoms with E-state index < -0.39 is 0 Å². The number of hydrogen-bond acceptors (Lipinski definition) is 2. The first kappa shape index (κ1) is 17.3. The van der Waals surface area contributed by atoms with Crippen LogP contribution < -0.4 is 28.5 Å². The van der Waals surface area contributed by atoms with Gasteiger partial charge in [-0.3, -0.25) is 0 Å². The first-order valence-corrected chi connectivity index (χ1v) is 8.48. The Hall–Kier alpha value is 0.220. The maximum absolute atomic E-state index is 6.09. The van der Waals surface area contributed by atoms with Crippen molar-refractivity contribution in [3.05, 3.63) is 33.1 Å². The number of fused-ring (bicyclic) bond motifs is 1. The molecule has 0 N–H and O–H groups in total. The molecule has 0 fully saturated rings. The van der Waals surface area contributed by atoms with E-state index in [9.17, 15) is 0 Å². The molecule has 0 unspecified atom stereocenters. The van der Waals surface area contributed by atoms with E-state index in [1.807, 2.05) is 29.2 Å². The third-order valence-electron chi connectivity index (χ3n) is 2.90. The van der Waals surface area contributed by atoms with Crippen LogP contribution in [-0.4, -0.2) is 6.26 Å². The highest BCUT2D eigenvalue weighted by molar-refractivity contribution is 8.02. The summed E-state index contributed by atoms with van der Waals surface area (Å²) in [5.41, 5.74) is 1.23. The van der Waals surface area contributed by atoms with Crippen molar-refractivity contribution in [1.29, 1.82) is 0 Å². The van der Waals surface area contributed by atoms with Crippen LogP contribution in [0.1, 0.15) is 25.3 Å². The van der Waals surface area contributed by atoms with Crippen molar-refractivity contribution in [1.82, 2.24) is 0 Å². The maximum Gasteiger partial charge on any atom is 0.263 e. The van der Waals surface area contributed by atoms with Crippen LogP contribution in [-0.2, 0) is 6.54 Å². The molecule has 0 amide bonds. The average molecular weight is 426 g/mol. The van der Waals surface area contributed by atoms with Crippen LogP contribution in [0.5, 0.6) is 0 Å². The second-order valence-corrected chi connectivity index (χ2v) is 6.40. The fraction of sp³-hybridized carbons (Fsp3) is 0.357. The largest absolute Gasteiger partial charge is 1.00 e. The van der Waals surface area contributed by atoms with Crippen LogP contribution in [0.25, 0.3) is 16.3 Å².